The largest absolute Gasteiger partial charge is 0.333 e. The maximum Gasteiger partial charge on any atom is 0.321 e. The standard InChI is InChI=1S/C17H20ClN3O3S2/c1-10(2)11-3-5-12(6-4-11)14-7-25-17(20-14)21-16(22)19-15-9-26(23,24)8-13(15)18/h3-7,10,13,15H,8-9H2,1-2H3,(H2,19,20,21,22)/t13-,15-/m1/s1. The van der Waals surface area contributed by atoms with E-state index in [0.29, 0.717) is 11.0 Å². The summed E-state index contributed by atoms with van der Waals surface area (Å²) < 4.78 is 23.1. The fourth-order valence-electron chi connectivity index (χ4n) is 2.74. The van der Waals surface area contributed by atoms with Crippen molar-refractivity contribution < 1.29 is 13.2 Å². The minimum atomic E-state index is -3.19. The van der Waals surface area contributed by atoms with Crippen LogP contribution < -0.4 is 10.6 Å². The Labute approximate surface area is 161 Å². The van der Waals surface area contributed by atoms with E-state index in [4.69, 9.17) is 11.6 Å². The van der Waals surface area contributed by atoms with Crippen LogP contribution in [0.2, 0.25) is 0 Å². The molecule has 0 aliphatic carbocycles. The molecule has 1 fully saturated rings. The summed E-state index contributed by atoms with van der Waals surface area (Å²) in [7, 11) is -3.19. The number of anilines is 1. The number of rotatable bonds is 4. The molecule has 26 heavy (non-hydrogen) atoms. The first-order valence-electron chi connectivity index (χ1n) is 8.21. The van der Waals surface area contributed by atoms with Crippen molar-refractivity contribution in [2.45, 2.75) is 31.2 Å². The van der Waals surface area contributed by atoms with Gasteiger partial charge < -0.3 is 5.32 Å². The number of hydrogen-bond acceptors (Lipinski definition) is 5. The van der Waals surface area contributed by atoms with Gasteiger partial charge >= 0.3 is 6.03 Å². The Morgan fingerprint density at radius 1 is 1.27 bits per heavy atom. The van der Waals surface area contributed by atoms with E-state index in [1.165, 1.54) is 16.9 Å². The maximum atomic E-state index is 12.1. The number of sulfone groups is 1. The van der Waals surface area contributed by atoms with E-state index < -0.39 is 27.3 Å². The molecule has 6 nitrogen and oxygen atoms in total. The molecule has 1 aliphatic rings. The quantitative estimate of drug-likeness (QED) is 0.751. The van der Waals surface area contributed by atoms with Crippen molar-refractivity contribution in [2.75, 3.05) is 16.8 Å². The molecule has 1 aromatic carbocycles. The number of amides is 2. The van der Waals surface area contributed by atoms with Gasteiger partial charge in [-0.3, -0.25) is 5.32 Å². The van der Waals surface area contributed by atoms with Gasteiger partial charge in [-0.2, -0.15) is 0 Å². The minimum absolute atomic E-state index is 0.118. The first kappa shape index (κ1) is 19.1. The van der Waals surface area contributed by atoms with Gasteiger partial charge in [0.15, 0.2) is 15.0 Å². The summed E-state index contributed by atoms with van der Waals surface area (Å²) in [4.78, 5) is 16.5. The van der Waals surface area contributed by atoms with Gasteiger partial charge in [0, 0.05) is 10.9 Å². The second-order valence-electron chi connectivity index (χ2n) is 6.61. The van der Waals surface area contributed by atoms with Gasteiger partial charge in [0.05, 0.1) is 28.6 Å². The third-order valence-electron chi connectivity index (χ3n) is 4.20. The first-order chi connectivity index (χ1) is 12.2. The number of urea groups is 1. The number of carbonyl (C=O) groups is 1. The van der Waals surface area contributed by atoms with Crippen LogP contribution in [0, 0.1) is 0 Å². The summed E-state index contributed by atoms with van der Waals surface area (Å²) in [5, 5.41) is 6.94. The molecule has 0 spiro atoms. The van der Waals surface area contributed by atoms with Gasteiger partial charge in [-0.05, 0) is 11.5 Å². The second-order valence-corrected chi connectivity index (χ2v) is 10.2. The zero-order valence-corrected chi connectivity index (χ0v) is 16.8. The van der Waals surface area contributed by atoms with Crippen LogP contribution in [0.5, 0.6) is 0 Å². The molecule has 9 heteroatoms. The van der Waals surface area contributed by atoms with E-state index in [9.17, 15) is 13.2 Å². The molecule has 1 aromatic heterocycles. The lowest BCUT2D eigenvalue weighted by Gasteiger charge is -2.13. The van der Waals surface area contributed by atoms with E-state index in [2.05, 4.69) is 41.6 Å². The molecule has 2 atom stereocenters. The third kappa shape index (κ3) is 4.55. The lowest BCUT2D eigenvalue weighted by molar-refractivity contribution is 0.249. The van der Waals surface area contributed by atoms with Crippen LogP contribution in [-0.4, -0.2) is 42.4 Å². The average molecular weight is 414 g/mol. The second kappa shape index (κ2) is 7.54. The molecule has 2 aromatic rings. The summed E-state index contributed by atoms with van der Waals surface area (Å²) in [6.07, 6.45) is 0. The Hall–Kier alpha value is -1.64. The molecular formula is C17H20ClN3O3S2. The van der Waals surface area contributed by atoms with Gasteiger partial charge in [0.2, 0.25) is 0 Å². The molecule has 0 unspecified atom stereocenters. The van der Waals surface area contributed by atoms with Crippen molar-refractivity contribution in [3.8, 4) is 11.3 Å². The molecule has 140 valence electrons. The highest BCUT2D eigenvalue weighted by molar-refractivity contribution is 7.91. The SMILES string of the molecule is CC(C)c1ccc(-c2csc(NC(=O)N[C@@H]3CS(=O)(=O)C[C@H]3Cl)n2)cc1. The van der Waals surface area contributed by atoms with Crippen molar-refractivity contribution in [3.05, 3.63) is 35.2 Å². The van der Waals surface area contributed by atoms with E-state index in [1.807, 2.05) is 17.5 Å². The Morgan fingerprint density at radius 3 is 2.54 bits per heavy atom. The lowest BCUT2D eigenvalue weighted by atomic mass is 10.0. The van der Waals surface area contributed by atoms with Crippen LogP contribution in [0.25, 0.3) is 11.3 Å². The summed E-state index contributed by atoms with van der Waals surface area (Å²) in [6, 6.07) is 7.06. The molecule has 1 aliphatic heterocycles. The summed E-state index contributed by atoms with van der Waals surface area (Å²) >= 11 is 7.30. The van der Waals surface area contributed by atoms with Crippen molar-refractivity contribution in [2.24, 2.45) is 0 Å². The highest BCUT2D eigenvalue weighted by atomic mass is 35.5. The fraction of sp³-hybridized carbons (Fsp3) is 0.412. The highest BCUT2D eigenvalue weighted by Gasteiger charge is 2.37. The number of halogens is 1. The van der Waals surface area contributed by atoms with E-state index in [0.717, 1.165) is 11.3 Å². The third-order valence-corrected chi connectivity index (χ3v) is 7.33. The Balaban J connectivity index is 1.62. The van der Waals surface area contributed by atoms with Gasteiger partial charge in [0.1, 0.15) is 0 Å². The molecule has 2 heterocycles. The topological polar surface area (TPSA) is 88.2 Å². The van der Waals surface area contributed by atoms with Crippen molar-refractivity contribution in [1.29, 1.82) is 0 Å². The molecule has 2 N–H and O–H groups in total. The zero-order chi connectivity index (χ0) is 18.9. The van der Waals surface area contributed by atoms with E-state index >= 15 is 0 Å². The average Bonchev–Trinajstić information content (AvgIpc) is 3.11. The van der Waals surface area contributed by atoms with Gasteiger partial charge in [0.25, 0.3) is 0 Å². The first-order valence-corrected chi connectivity index (χ1v) is 11.3. The van der Waals surface area contributed by atoms with Crippen LogP contribution in [0.15, 0.2) is 29.6 Å². The number of thiazole rings is 1. The van der Waals surface area contributed by atoms with Crippen LogP contribution in [0.1, 0.15) is 25.3 Å². The predicted molar refractivity (Wildman–Crippen MR) is 106 cm³/mol. The van der Waals surface area contributed by atoms with Crippen molar-refractivity contribution in [1.82, 2.24) is 10.3 Å². The summed E-state index contributed by atoms with van der Waals surface area (Å²) in [5.74, 6) is 0.207. The van der Waals surface area contributed by atoms with Gasteiger partial charge in [-0.1, -0.05) is 38.1 Å². The van der Waals surface area contributed by atoms with Crippen LogP contribution >= 0.6 is 22.9 Å². The molecule has 0 bridgehead atoms. The molecule has 2 amide bonds. The molecule has 3 rings (SSSR count). The summed E-state index contributed by atoms with van der Waals surface area (Å²) in [6.45, 7) is 4.28. The molecule has 0 saturated carbocycles. The number of aromatic nitrogens is 1. The minimum Gasteiger partial charge on any atom is -0.333 e. The molecular weight excluding hydrogens is 394 g/mol. The molecule has 1 saturated heterocycles. The zero-order valence-electron chi connectivity index (χ0n) is 14.4. The van der Waals surface area contributed by atoms with Crippen molar-refractivity contribution in [3.63, 3.8) is 0 Å². The lowest BCUT2D eigenvalue weighted by Crippen LogP contribution is -2.42. The van der Waals surface area contributed by atoms with Crippen LogP contribution in [-0.2, 0) is 9.84 Å². The Bertz CT molecular complexity index is 894. The predicted octanol–water partition coefficient (Wildman–Crippen LogP) is 3.46. The van der Waals surface area contributed by atoms with E-state index in [1.54, 1.807) is 0 Å². The maximum absolute atomic E-state index is 12.1. The fourth-order valence-corrected chi connectivity index (χ4v) is 6.01. The Morgan fingerprint density at radius 2 is 1.96 bits per heavy atom. The normalized spacial score (nSPS) is 21.7. The van der Waals surface area contributed by atoms with Gasteiger partial charge in [-0.15, -0.1) is 22.9 Å². The van der Waals surface area contributed by atoms with Gasteiger partial charge in [-0.25, -0.2) is 18.2 Å². The van der Waals surface area contributed by atoms with E-state index in [-0.39, 0.29) is 11.5 Å². The number of alkyl halides is 1. The number of nitrogens with zero attached hydrogens (tertiary/aromatic N) is 1. The monoisotopic (exact) mass is 413 g/mol. The van der Waals surface area contributed by atoms with Crippen molar-refractivity contribution >= 4 is 43.9 Å². The Kier molecular flexibility index (Phi) is 5.55. The summed E-state index contributed by atoms with van der Waals surface area (Å²) in [5.41, 5.74) is 3.00. The smallest absolute Gasteiger partial charge is 0.321 e. The highest BCUT2D eigenvalue weighted by Crippen LogP contribution is 2.26. The number of carbonyl (C=O) groups excluding carboxylic acids is 1. The number of nitrogens with one attached hydrogen (secondary N) is 2. The van der Waals surface area contributed by atoms with Crippen LogP contribution in [0.4, 0.5) is 9.93 Å². The molecule has 0 radical (unpaired) electrons. The number of hydrogen-bond donors (Lipinski definition) is 2. The van der Waals surface area contributed by atoms with Crippen LogP contribution in [0.3, 0.4) is 0 Å². The number of benzene rings is 1.